The molecule has 104 valence electrons. The standard InChI is InChI=1S/C15H18N4O/c1-11(13-5-7-17-8-6-13)18-15(20)19-14-4-2-3-12(9-14)10-16/h2-9,11H,10,16H2,1H3,(H2,18,19,20). The topological polar surface area (TPSA) is 80.0 Å². The van der Waals surface area contributed by atoms with Crippen molar-refractivity contribution < 1.29 is 4.79 Å². The van der Waals surface area contributed by atoms with E-state index in [-0.39, 0.29) is 12.1 Å². The van der Waals surface area contributed by atoms with E-state index in [0.717, 1.165) is 16.8 Å². The predicted molar refractivity (Wildman–Crippen MR) is 79.1 cm³/mol. The summed E-state index contributed by atoms with van der Waals surface area (Å²) in [6, 6.07) is 10.9. The van der Waals surface area contributed by atoms with Crippen LogP contribution >= 0.6 is 0 Å². The zero-order chi connectivity index (χ0) is 14.4. The lowest BCUT2D eigenvalue weighted by atomic mass is 10.1. The number of hydrogen-bond acceptors (Lipinski definition) is 3. The molecule has 1 aromatic carbocycles. The Bertz CT molecular complexity index is 571. The fraction of sp³-hybridized carbons (Fsp3) is 0.200. The molecule has 5 heteroatoms. The van der Waals surface area contributed by atoms with E-state index in [2.05, 4.69) is 15.6 Å². The Kier molecular flexibility index (Phi) is 4.68. The normalized spacial score (nSPS) is 11.7. The Balaban J connectivity index is 1.95. The van der Waals surface area contributed by atoms with Gasteiger partial charge in [-0.2, -0.15) is 0 Å². The van der Waals surface area contributed by atoms with Gasteiger partial charge in [0.2, 0.25) is 0 Å². The van der Waals surface area contributed by atoms with Gasteiger partial charge in [0.25, 0.3) is 0 Å². The van der Waals surface area contributed by atoms with Crippen molar-refractivity contribution in [3.05, 3.63) is 59.9 Å². The van der Waals surface area contributed by atoms with Gasteiger partial charge in [0.15, 0.2) is 0 Å². The van der Waals surface area contributed by atoms with Gasteiger partial charge < -0.3 is 16.4 Å². The minimum Gasteiger partial charge on any atom is -0.331 e. The van der Waals surface area contributed by atoms with Crippen molar-refractivity contribution in [2.45, 2.75) is 19.5 Å². The van der Waals surface area contributed by atoms with Gasteiger partial charge in [-0.05, 0) is 42.3 Å². The number of carbonyl (C=O) groups is 1. The maximum atomic E-state index is 11.9. The van der Waals surface area contributed by atoms with Crippen molar-refractivity contribution in [1.29, 1.82) is 0 Å². The average molecular weight is 270 g/mol. The van der Waals surface area contributed by atoms with Gasteiger partial charge in [0.1, 0.15) is 0 Å². The number of amides is 2. The molecule has 0 aliphatic rings. The lowest BCUT2D eigenvalue weighted by Gasteiger charge is -2.15. The second kappa shape index (κ2) is 6.68. The molecule has 1 unspecified atom stereocenters. The zero-order valence-electron chi connectivity index (χ0n) is 11.3. The van der Waals surface area contributed by atoms with Gasteiger partial charge in [-0.3, -0.25) is 4.98 Å². The largest absolute Gasteiger partial charge is 0.331 e. The molecule has 2 amide bonds. The number of aromatic nitrogens is 1. The second-order valence-corrected chi connectivity index (χ2v) is 4.51. The van der Waals surface area contributed by atoms with Crippen LogP contribution in [0.15, 0.2) is 48.8 Å². The van der Waals surface area contributed by atoms with Crippen LogP contribution in [0.25, 0.3) is 0 Å². The summed E-state index contributed by atoms with van der Waals surface area (Å²) >= 11 is 0. The zero-order valence-corrected chi connectivity index (χ0v) is 11.3. The summed E-state index contributed by atoms with van der Waals surface area (Å²) in [7, 11) is 0. The summed E-state index contributed by atoms with van der Waals surface area (Å²) in [5, 5.41) is 5.67. The smallest absolute Gasteiger partial charge is 0.319 e. The van der Waals surface area contributed by atoms with E-state index in [4.69, 9.17) is 5.73 Å². The molecular formula is C15H18N4O. The molecule has 0 spiro atoms. The summed E-state index contributed by atoms with van der Waals surface area (Å²) in [6.45, 7) is 2.37. The SMILES string of the molecule is CC(NC(=O)Nc1cccc(CN)c1)c1ccncc1. The first-order valence-electron chi connectivity index (χ1n) is 6.45. The highest BCUT2D eigenvalue weighted by Gasteiger charge is 2.09. The number of nitrogens with zero attached hydrogens (tertiary/aromatic N) is 1. The van der Waals surface area contributed by atoms with E-state index in [9.17, 15) is 4.79 Å². The number of nitrogens with two attached hydrogens (primary N) is 1. The fourth-order valence-electron chi connectivity index (χ4n) is 1.88. The molecule has 1 atom stereocenters. The molecule has 1 aromatic heterocycles. The Labute approximate surface area is 118 Å². The lowest BCUT2D eigenvalue weighted by molar-refractivity contribution is 0.249. The van der Waals surface area contributed by atoms with Gasteiger partial charge in [0, 0.05) is 24.6 Å². The van der Waals surface area contributed by atoms with E-state index in [0.29, 0.717) is 6.54 Å². The van der Waals surface area contributed by atoms with E-state index < -0.39 is 0 Å². The Hall–Kier alpha value is -2.40. The first-order chi connectivity index (χ1) is 9.69. The molecule has 20 heavy (non-hydrogen) atoms. The monoisotopic (exact) mass is 270 g/mol. The number of carbonyl (C=O) groups excluding carboxylic acids is 1. The van der Waals surface area contributed by atoms with E-state index in [1.54, 1.807) is 12.4 Å². The number of benzene rings is 1. The summed E-state index contributed by atoms with van der Waals surface area (Å²) in [5.41, 5.74) is 8.28. The third-order valence-electron chi connectivity index (χ3n) is 2.97. The molecule has 0 aliphatic heterocycles. The Morgan fingerprint density at radius 1 is 1.30 bits per heavy atom. The number of pyridine rings is 1. The van der Waals surface area contributed by atoms with Gasteiger partial charge in [-0.25, -0.2) is 4.79 Å². The van der Waals surface area contributed by atoms with Crippen molar-refractivity contribution >= 4 is 11.7 Å². The van der Waals surface area contributed by atoms with Crippen molar-refractivity contribution in [2.24, 2.45) is 5.73 Å². The van der Waals surface area contributed by atoms with Crippen LogP contribution < -0.4 is 16.4 Å². The molecule has 0 radical (unpaired) electrons. The fourth-order valence-corrected chi connectivity index (χ4v) is 1.88. The Morgan fingerprint density at radius 3 is 2.75 bits per heavy atom. The van der Waals surface area contributed by atoms with Crippen LogP contribution in [0.2, 0.25) is 0 Å². The molecule has 0 aliphatic carbocycles. The van der Waals surface area contributed by atoms with Gasteiger partial charge in [-0.15, -0.1) is 0 Å². The maximum absolute atomic E-state index is 11.9. The summed E-state index contributed by atoms with van der Waals surface area (Å²) < 4.78 is 0. The van der Waals surface area contributed by atoms with Crippen molar-refractivity contribution in [2.75, 3.05) is 5.32 Å². The molecule has 0 saturated heterocycles. The second-order valence-electron chi connectivity index (χ2n) is 4.51. The van der Waals surface area contributed by atoms with Crippen molar-refractivity contribution in [3.8, 4) is 0 Å². The van der Waals surface area contributed by atoms with Crippen molar-refractivity contribution in [3.63, 3.8) is 0 Å². The highest BCUT2D eigenvalue weighted by Crippen LogP contribution is 2.12. The molecule has 5 nitrogen and oxygen atoms in total. The minimum absolute atomic E-state index is 0.0873. The summed E-state index contributed by atoms with van der Waals surface area (Å²) in [5.74, 6) is 0. The highest BCUT2D eigenvalue weighted by molar-refractivity contribution is 5.89. The van der Waals surface area contributed by atoms with Gasteiger partial charge >= 0.3 is 6.03 Å². The van der Waals surface area contributed by atoms with Crippen LogP contribution in [-0.4, -0.2) is 11.0 Å². The number of hydrogen-bond donors (Lipinski definition) is 3. The number of urea groups is 1. The third-order valence-corrected chi connectivity index (χ3v) is 2.97. The van der Waals surface area contributed by atoms with Gasteiger partial charge in [-0.1, -0.05) is 12.1 Å². The van der Waals surface area contributed by atoms with Crippen LogP contribution in [0.5, 0.6) is 0 Å². The molecule has 2 rings (SSSR count). The number of nitrogens with one attached hydrogen (secondary N) is 2. The van der Waals surface area contributed by atoms with Crippen LogP contribution in [0, 0.1) is 0 Å². The molecule has 0 saturated carbocycles. The molecule has 1 heterocycles. The molecule has 0 fully saturated rings. The number of rotatable bonds is 4. The Morgan fingerprint density at radius 2 is 2.05 bits per heavy atom. The summed E-state index contributed by atoms with van der Waals surface area (Å²) in [4.78, 5) is 15.9. The minimum atomic E-state index is -0.247. The van der Waals surface area contributed by atoms with Gasteiger partial charge in [0.05, 0.1) is 6.04 Å². The van der Waals surface area contributed by atoms with Crippen LogP contribution in [0.4, 0.5) is 10.5 Å². The third kappa shape index (κ3) is 3.80. The molecule has 4 N–H and O–H groups in total. The highest BCUT2D eigenvalue weighted by atomic mass is 16.2. The first kappa shape index (κ1) is 14.0. The van der Waals surface area contributed by atoms with Crippen LogP contribution in [0.3, 0.4) is 0 Å². The van der Waals surface area contributed by atoms with E-state index in [1.807, 2.05) is 43.3 Å². The predicted octanol–water partition coefficient (Wildman–Crippen LogP) is 2.42. The van der Waals surface area contributed by atoms with E-state index in [1.165, 1.54) is 0 Å². The molecule has 0 bridgehead atoms. The molecular weight excluding hydrogens is 252 g/mol. The maximum Gasteiger partial charge on any atom is 0.319 e. The quantitative estimate of drug-likeness (QED) is 0.798. The molecule has 2 aromatic rings. The van der Waals surface area contributed by atoms with Crippen LogP contribution in [-0.2, 0) is 6.54 Å². The average Bonchev–Trinajstić information content (AvgIpc) is 2.48. The lowest BCUT2D eigenvalue weighted by Crippen LogP contribution is -2.31. The first-order valence-corrected chi connectivity index (χ1v) is 6.45. The summed E-state index contributed by atoms with van der Waals surface area (Å²) in [6.07, 6.45) is 3.41. The number of anilines is 1. The van der Waals surface area contributed by atoms with Crippen LogP contribution in [0.1, 0.15) is 24.1 Å². The van der Waals surface area contributed by atoms with Crippen molar-refractivity contribution in [1.82, 2.24) is 10.3 Å². The van der Waals surface area contributed by atoms with E-state index >= 15 is 0 Å².